The number of hydrogen-bond acceptors (Lipinski definition) is 4. The molecule has 6 heteroatoms. The van der Waals surface area contributed by atoms with Crippen LogP contribution in [0.5, 0.6) is 0 Å². The monoisotopic (exact) mass is 225 g/mol. The van der Waals surface area contributed by atoms with Crippen molar-refractivity contribution in [1.82, 2.24) is 10.1 Å². The third kappa shape index (κ3) is 1.79. The predicted molar refractivity (Wildman–Crippen MR) is 52.4 cm³/mol. The molecule has 0 saturated carbocycles. The van der Waals surface area contributed by atoms with Crippen LogP contribution in [0.1, 0.15) is 11.5 Å². The summed E-state index contributed by atoms with van der Waals surface area (Å²) in [6.45, 7) is -0.832. The zero-order valence-corrected chi connectivity index (χ0v) is 8.28. The van der Waals surface area contributed by atoms with Crippen molar-refractivity contribution in [3.05, 3.63) is 35.5 Å². The van der Waals surface area contributed by atoms with E-state index in [-0.39, 0.29) is 29.4 Å². The van der Waals surface area contributed by atoms with E-state index < -0.39 is 12.5 Å². The van der Waals surface area contributed by atoms with Gasteiger partial charge in [0.2, 0.25) is 11.7 Å². The van der Waals surface area contributed by atoms with Crippen LogP contribution in [0.3, 0.4) is 0 Å². The molecule has 2 rings (SSSR count). The zero-order valence-electron chi connectivity index (χ0n) is 8.28. The summed E-state index contributed by atoms with van der Waals surface area (Å²) in [7, 11) is 0. The summed E-state index contributed by atoms with van der Waals surface area (Å²) in [6, 6.07) is 4.17. The molecular weight excluding hydrogens is 216 g/mol. The van der Waals surface area contributed by atoms with Crippen molar-refractivity contribution < 1.29 is 13.3 Å². The fourth-order valence-electron chi connectivity index (χ4n) is 1.35. The topological polar surface area (TPSA) is 64.9 Å². The molecule has 0 spiro atoms. The van der Waals surface area contributed by atoms with Gasteiger partial charge in [-0.3, -0.25) is 0 Å². The average Bonchev–Trinajstić information content (AvgIpc) is 2.77. The molecule has 84 valence electrons. The van der Waals surface area contributed by atoms with Crippen LogP contribution in [-0.2, 0) is 13.2 Å². The molecule has 0 aliphatic heterocycles. The second-order valence-electron chi connectivity index (χ2n) is 3.12. The molecule has 2 N–H and O–H groups in total. The van der Waals surface area contributed by atoms with Gasteiger partial charge in [0, 0.05) is 11.1 Å². The van der Waals surface area contributed by atoms with Gasteiger partial charge in [-0.25, -0.2) is 8.78 Å². The Bertz CT molecular complexity index is 499. The van der Waals surface area contributed by atoms with E-state index in [0.717, 1.165) is 0 Å². The predicted octanol–water partition coefficient (Wildman–Crippen LogP) is 1.80. The summed E-state index contributed by atoms with van der Waals surface area (Å²) in [5.41, 5.74) is 5.50. The van der Waals surface area contributed by atoms with Crippen molar-refractivity contribution in [2.24, 2.45) is 5.73 Å². The van der Waals surface area contributed by atoms with Crippen LogP contribution in [0.25, 0.3) is 11.4 Å². The number of alkyl halides is 1. The highest BCUT2D eigenvalue weighted by molar-refractivity contribution is 5.59. The number of benzene rings is 1. The maximum absolute atomic E-state index is 13.3. The number of aromatic nitrogens is 2. The van der Waals surface area contributed by atoms with Crippen LogP contribution in [-0.4, -0.2) is 10.1 Å². The van der Waals surface area contributed by atoms with Gasteiger partial charge in [0.15, 0.2) is 0 Å². The lowest BCUT2D eigenvalue weighted by Crippen LogP contribution is -1.96. The molecule has 0 bridgehead atoms. The summed E-state index contributed by atoms with van der Waals surface area (Å²) >= 11 is 0. The minimum Gasteiger partial charge on any atom is -0.338 e. The highest BCUT2D eigenvalue weighted by Crippen LogP contribution is 2.24. The van der Waals surface area contributed by atoms with Gasteiger partial charge in [-0.2, -0.15) is 4.98 Å². The summed E-state index contributed by atoms with van der Waals surface area (Å²) < 4.78 is 30.7. The van der Waals surface area contributed by atoms with Crippen molar-refractivity contribution in [3.63, 3.8) is 0 Å². The van der Waals surface area contributed by atoms with Crippen LogP contribution < -0.4 is 5.73 Å². The third-order valence-corrected chi connectivity index (χ3v) is 2.14. The molecule has 2 aromatic rings. The summed E-state index contributed by atoms with van der Waals surface area (Å²) in [6.07, 6.45) is 0. The Balaban J connectivity index is 2.50. The molecular formula is C10H9F2N3O. The molecule has 0 aliphatic rings. The van der Waals surface area contributed by atoms with E-state index in [2.05, 4.69) is 10.1 Å². The van der Waals surface area contributed by atoms with Gasteiger partial charge in [0.05, 0.1) is 6.54 Å². The molecule has 16 heavy (non-hydrogen) atoms. The number of hydrogen-bond donors (Lipinski definition) is 1. The van der Waals surface area contributed by atoms with Crippen molar-refractivity contribution in [3.8, 4) is 11.4 Å². The van der Waals surface area contributed by atoms with E-state index in [1.54, 1.807) is 0 Å². The normalized spacial score (nSPS) is 10.7. The molecule has 0 atom stereocenters. The Hall–Kier alpha value is -1.82. The SMILES string of the molecule is NCc1nc(-c2cccc(F)c2CF)no1. The molecule has 0 aliphatic carbocycles. The lowest BCUT2D eigenvalue weighted by Gasteiger charge is -2.02. The minimum atomic E-state index is -0.922. The van der Waals surface area contributed by atoms with Crippen LogP contribution in [0.2, 0.25) is 0 Å². The fourth-order valence-corrected chi connectivity index (χ4v) is 1.35. The van der Waals surface area contributed by atoms with Crippen LogP contribution in [0, 0.1) is 5.82 Å². The van der Waals surface area contributed by atoms with Gasteiger partial charge in [0.25, 0.3) is 0 Å². The highest BCUT2D eigenvalue weighted by atomic mass is 19.1. The molecule has 0 amide bonds. The van der Waals surface area contributed by atoms with Gasteiger partial charge >= 0.3 is 0 Å². The van der Waals surface area contributed by atoms with Gasteiger partial charge in [-0.15, -0.1) is 0 Å². The summed E-state index contributed by atoms with van der Waals surface area (Å²) in [5.74, 6) is -0.254. The number of rotatable bonds is 3. The number of halogens is 2. The van der Waals surface area contributed by atoms with E-state index in [4.69, 9.17) is 10.3 Å². The number of nitrogens with zero attached hydrogens (tertiary/aromatic N) is 2. The Morgan fingerprint density at radius 3 is 2.81 bits per heavy atom. The Morgan fingerprint density at radius 2 is 2.19 bits per heavy atom. The van der Waals surface area contributed by atoms with E-state index in [9.17, 15) is 8.78 Å². The largest absolute Gasteiger partial charge is 0.338 e. The van der Waals surface area contributed by atoms with Gasteiger partial charge < -0.3 is 10.3 Å². The van der Waals surface area contributed by atoms with Crippen LogP contribution >= 0.6 is 0 Å². The van der Waals surface area contributed by atoms with E-state index in [1.807, 2.05) is 0 Å². The second-order valence-corrected chi connectivity index (χ2v) is 3.12. The maximum atomic E-state index is 13.3. The van der Waals surface area contributed by atoms with Gasteiger partial charge in [-0.05, 0) is 6.07 Å². The lowest BCUT2D eigenvalue weighted by atomic mass is 10.1. The van der Waals surface area contributed by atoms with Gasteiger partial charge in [-0.1, -0.05) is 17.3 Å². The van der Waals surface area contributed by atoms with Crippen molar-refractivity contribution in [2.75, 3.05) is 0 Å². The van der Waals surface area contributed by atoms with Crippen LogP contribution in [0.4, 0.5) is 8.78 Å². The summed E-state index contributed by atoms with van der Waals surface area (Å²) in [5, 5.41) is 3.61. The molecule has 0 fully saturated rings. The standard InChI is InChI=1S/C10H9F2N3O/c11-4-7-6(2-1-3-8(7)12)10-14-9(5-13)16-15-10/h1-3H,4-5,13H2. The molecule has 1 aromatic heterocycles. The summed E-state index contributed by atoms with van der Waals surface area (Å²) in [4.78, 5) is 3.91. The molecule has 4 nitrogen and oxygen atoms in total. The Kier molecular flexibility index (Phi) is 2.91. The average molecular weight is 225 g/mol. The smallest absolute Gasteiger partial charge is 0.240 e. The molecule has 1 heterocycles. The fraction of sp³-hybridized carbons (Fsp3) is 0.200. The first-order chi connectivity index (χ1) is 7.76. The Labute approximate surface area is 90.1 Å². The third-order valence-electron chi connectivity index (χ3n) is 2.14. The van der Waals surface area contributed by atoms with Crippen molar-refractivity contribution >= 4 is 0 Å². The highest BCUT2D eigenvalue weighted by Gasteiger charge is 2.14. The zero-order chi connectivity index (χ0) is 11.5. The molecule has 1 aromatic carbocycles. The first-order valence-electron chi connectivity index (χ1n) is 4.62. The molecule has 0 radical (unpaired) electrons. The van der Waals surface area contributed by atoms with Crippen molar-refractivity contribution in [2.45, 2.75) is 13.2 Å². The quantitative estimate of drug-likeness (QED) is 0.865. The number of nitrogens with two attached hydrogens (primary N) is 1. The van der Waals surface area contributed by atoms with Gasteiger partial charge in [0.1, 0.15) is 12.5 Å². The van der Waals surface area contributed by atoms with E-state index >= 15 is 0 Å². The second kappa shape index (κ2) is 4.36. The van der Waals surface area contributed by atoms with E-state index in [1.165, 1.54) is 18.2 Å². The van der Waals surface area contributed by atoms with Crippen molar-refractivity contribution in [1.29, 1.82) is 0 Å². The molecule has 0 saturated heterocycles. The van der Waals surface area contributed by atoms with E-state index in [0.29, 0.717) is 0 Å². The maximum Gasteiger partial charge on any atom is 0.240 e. The Morgan fingerprint density at radius 1 is 1.38 bits per heavy atom. The lowest BCUT2D eigenvalue weighted by molar-refractivity contribution is 0.380. The van der Waals surface area contributed by atoms with Crippen LogP contribution in [0.15, 0.2) is 22.7 Å². The first kappa shape index (κ1) is 10.7. The minimum absolute atomic E-state index is 0.0770. The first-order valence-corrected chi connectivity index (χ1v) is 4.62. The molecule has 0 unspecified atom stereocenters.